The van der Waals surface area contributed by atoms with Crippen molar-refractivity contribution in [2.75, 3.05) is 0 Å². The molecule has 20 heavy (non-hydrogen) atoms. The van der Waals surface area contributed by atoms with Crippen molar-refractivity contribution in [3.05, 3.63) is 0 Å². The summed E-state index contributed by atoms with van der Waals surface area (Å²) in [5.41, 5.74) is -0.859. The molecule has 118 valence electrons. The molecule has 0 bridgehead atoms. The zero-order valence-electron chi connectivity index (χ0n) is 14.9. The fraction of sp³-hybridized carbons (Fsp3) is 0.944. The van der Waals surface area contributed by atoms with E-state index in [1.807, 2.05) is 13.8 Å². The van der Waals surface area contributed by atoms with Gasteiger partial charge in [-0.15, -0.1) is 0 Å². The summed E-state index contributed by atoms with van der Waals surface area (Å²) in [4.78, 5) is 12.8. The predicted octanol–water partition coefficient (Wildman–Crippen LogP) is 5.35. The molecule has 2 nitrogen and oxygen atoms in total. The molecule has 0 aromatic rings. The van der Waals surface area contributed by atoms with Crippen LogP contribution in [0.25, 0.3) is 0 Å². The van der Waals surface area contributed by atoms with Crippen molar-refractivity contribution in [1.82, 2.24) is 0 Å². The third kappa shape index (κ3) is 3.20. The molecule has 0 heterocycles. The second kappa shape index (κ2) is 5.35. The Morgan fingerprint density at radius 3 is 1.65 bits per heavy atom. The van der Waals surface area contributed by atoms with Crippen molar-refractivity contribution in [2.24, 2.45) is 16.2 Å². The SMILES string of the molecule is CC(C)(C)C1(OC(=O)C(C)(C)C(C)(C)C)CCCCC1. The maximum Gasteiger partial charge on any atom is 0.312 e. The minimum absolute atomic E-state index is 0.00293. The van der Waals surface area contributed by atoms with Gasteiger partial charge in [0.05, 0.1) is 5.41 Å². The second-order valence-corrected chi connectivity index (χ2v) is 9.07. The van der Waals surface area contributed by atoms with Gasteiger partial charge in [0.2, 0.25) is 0 Å². The summed E-state index contributed by atoms with van der Waals surface area (Å²) in [6, 6.07) is 0. The second-order valence-electron chi connectivity index (χ2n) is 9.07. The summed E-state index contributed by atoms with van der Waals surface area (Å²) in [7, 11) is 0. The molecular formula is C18H34O2. The van der Waals surface area contributed by atoms with Crippen molar-refractivity contribution in [3.8, 4) is 0 Å². The van der Waals surface area contributed by atoms with Gasteiger partial charge in [-0.25, -0.2) is 0 Å². The number of ether oxygens (including phenoxy) is 1. The van der Waals surface area contributed by atoms with E-state index in [9.17, 15) is 4.79 Å². The van der Waals surface area contributed by atoms with E-state index in [0.29, 0.717) is 0 Å². The lowest BCUT2D eigenvalue weighted by molar-refractivity contribution is -0.195. The molecule has 0 amide bonds. The molecule has 0 aromatic heterocycles. The van der Waals surface area contributed by atoms with Crippen LogP contribution in [0.1, 0.15) is 87.5 Å². The Hall–Kier alpha value is -0.530. The van der Waals surface area contributed by atoms with E-state index in [1.165, 1.54) is 19.3 Å². The summed E-state index contributed by atoms with van der Waals surface area (Å²) >= 11 is 0. The number of rotatable bonds is 2. The van der Waals surface area contributed by atoms with Crippen LogP contribution in [0.3, 0.4) is 0 Å². The average Bonchev–Trinajstić information content (AvgIpc) is 2.27. The van der Waals surface area contributed by atoms with Crippen LogP contribution >= 0.6 is 0 Å². The zero-order valence-corrected chi connectivity index (χ0v) is 14.9. The molecule has 0 saturated heterocycles. The van der Waals surface area contributed by atoms with Crippen molar-refractivity contribution < 1.29 is 9.53 Å². The number of esters is 1. The minimum atomic E-state index is -0.470. The lowest BCUT2D eigenvalue weighted by Crippen LogP contribution is -2.52. The first-order chi connectivity index (χ1) is 8.83. The molecule has 0 unspecified atom stereocenters. The highest BCUT2D eigenvalue weighted by Gasteiger charge is 2.50. The molecule has 0 atom stereocenters. The molecule has 1 saturated carbocycles. The Morgan fingerprint density at radius 1 is 0.850 bits per heavy atom. The lowest BCUT2D eigenvalue weighted by atomic mass is 9.66. The molecule has 1 aliphatic carbocycles. The van der Waals surface area contributed by atoms with E-state index >= 15 is 0 Å². The first-order valence-corrected chi connectivity index (χ1v) is 8.07. The van der Waals surface area contributed by atoms with Crippen LogP contribution in [-0.4, -0.2) is 11.6 Å². The normalized spacial score (nSPS) is 20.6. The Balaban J connectivity index is 3.00. The van der Waals surface area contributed by atoms with Crippen LogP contribution in [0.5, 0.6) is 0 Å². The van der Waals surface area contributed by atoms with Crippen LogP contribution in [0.15, 0.2) is 0 Å². The van der Waals surface area contributed by atoms with Gasteiger partial charge in [0, 0.05) is 5.41 Å². The van der Waals surface area contributed by atoms with Gasteiger partial charge in [0.25, 0.3) is 0 Å². The maximum absolute atomic E-state index is 12.8. The number of hydrogen-bond donors (Lipinski definition) is 0. The van der Waals surface area contributed by atoms with Crippen LogP contribution in [-0.2, 0) is 9.53 Å². The summed E-state index contributed by atoms with van der Waals surface area (Å²) in [6.07, 6.45) is 5.60. The Labute approximate surface area is 125 Å². The molecule has 0 N–H and O–H groups in total. The fourth-order valence-electron chi connectivity index (χ4n) is 2.74. The third-order valence-corrected chi connectivity index (χ3v) is 5.70. The minimum Gasteiger partial charge on any atom is -0.458 e. The lowest BCUT2D eigenvalue weighted by Gasteiger charge is -2.49. The van der Waals surface area contributed by atoms with Crippen molar-refractivity contribution in [1.29, 1.82) is 0 Å². The summed E-state index contributed by atoms with van der Waals surface area (Å²) < 4.78 is 6.20. The van der Waals surface area contributed by atoms with Gasteiger partial charge >= 0.3 is 5.97 Å². The van der Waals surface area contributed by atoms with Gasteiger partial charge in [-0.1, -0.05) is 48.0 Å². The smallest absolute Gasteiger partial charge is 0.312 e. The van der Waals surface area contributed by atoms with Crippen LogP contribution < -0.4 is 0 Å². The van der Waals surface area contributed by atoms with Gasteiger partial charge < -0.3 is 4.74 Å². The fourth-order valence-corrected chi connectivity index (χ4v) is 2.74. The third-order valence-electron chi connectivity index (χ3n) is 5.70. The monoisotopic (exact) mass is 282 g/mol. The highest BCUT2D eigenvalue weighted by Crippen LogP contribution is 2.48. The van der Waals surface area contributed by atoms with Gasteiger partial charge in [0.15, 0.2) is 0 Å². The maximum atomic E-state index is 12.8. The van der Waals surface area contributed by atoms with Crippen LogP contribution in [0.4, 0.5) is 0 Å². The van der Waals surface area contributed by atoms with E-state index in [-0.39, 0.29) is 22.4 Å². The largest absolute Gasteiger partial charge is 0.458 e. The van der Waals surface area contributed by atoms with Gasteiger partial charge in [-0.3, -0.25) is 4.79 Å². The van der Waals surface area contributed by atoms with E-state index in [1.54, 1.807) is 0 Å². The molecule has 1 aliphatic rings. The van der Waals surface area contributed by atoms with Crippen molar-refractivity contribution in [2.45, 2.75) is 93.1 Å². The van der Waals surface area contributed by atoms with E-state index in [2.05, 4.69) is 41.5 Å². The van der Waals surface area contributed by atoms with Crippen LogP contribution in [0, 0.1) is 16.2 Å². The topological polar surface area (TPSA) is 26.3 Å². The quantitative estimate of drug-likeness (QED) is 0.638. The number of carbonyl (C=O) groups is 1. The zero-order chi connectivity index (χ0) is 15.8. The Morgan fingerprint density at radius 2 is 1.30 bits per heavy atom. The van der Waals surface area contributed by atoms with Crippen molar-refractivity contribution >= 4 is 5.97 Å². The summed E-state index contributed by atoms with van der Waals surface area (Å²) in [5.74, 6) is -0.0400. The predicted molar refractivity (Wildman–Crippen MR) is 84.6 cm³/mol. The van der Waals surface area contributed by atoms with Gasteiger partial charge in [0.1, 0.15) is 5.60 Å². The standard InChI is InChI=1S/C18H34O2/c1-15(2,3)17(7,8)14(19)20-18(16(4,5)6)12-10-9-11-13-18/h9-13H2,1-8H3. The van der Waals surface area contributed by atoms with Crippen molar-refractivity contribution in [3.63, 3.8) is 0 Å². The number of hydrogen-bond acceptors (Lipinski definition) is 2. The van der Waals surface area contributed by atoms with E-state index in [4.69, 9.17) is 4.74 Å². The number of carbonyl (C=O) groups excluding carboxylic acids is 1. The Kier molecular flexibility index (Phi) is 4.68. The highest BCUT2D eigenvalue weighted by atomic mass is 16.6. The van der Waals surface area contributed by atoms with Gasteiger partial charge in [-0.05, 0) is 44.9 Å². The van der Waals surface area contributed by atoms with E-state index < -0.39 is 5.41 Å². The molecular weight excluding hydrogens is 248 g/mol. The Bertz CT molecular complexity index is 347. The summed E-state index contributed by atoms with van der Waals surface area (Å²) in [6.45, 7) is 17.0. The average molecular weight is 282 g/mol. The molecule has 1 rings (SSSR count). The molecule has 0 aromatic carbocycles. The first kappa shape index (κ1) is 17.5. The highest BCUT2D eigenvalue weighted by molar-refractivity contribution is 5.77. The summed E-state index contributed by atoms with van der Waals surface area (Å²) in [5, 5.41) is 0. The molecule has 0 aliphatic heterocycles. The molecule has 1 fully saturated rings. The van der Waals surface area contributed by atoms with E-state index in [0.717, 1.165) is 12.8 Å². The van der Waals surface area contributed by atoms with Crippen LogP contribution in [0.2, 0.25) is 0 Å². The molecule has 2 heteroatoms. The molecule has 0 radical (unpaired) electrons. The molecule has 0 spiro atoms. The first-order valence-electron chi connectivity index (χ1n) is 8.07. The van der Waals surface area contributed by atoms with Gasteiger partial charge in [-0.2, -0.15) is 0 Å².